The van der Waals surface area contributed by atoms with E-state index in [0.29, 0.717) is 18.1 Å². The van der Waals surface area contributed by atoms with Gasteiger partial charge in [-0.1, -0.05) is 12.1 Å². The van der Waals surface area contributed by atoms with Gasteiger partial charge in [-0.3, -0.25) is 4.79 Å². The van der Waals surface area contributed by atoms with E-state index in [1.807, 2.05) is 0 Å². The molecule has 1 amide bonds. The Balaban J connectivity index is 1.97. The quantitative estimate of drug-likeness (QED) is 0.798. The van der Waals surface area contributed by atoms with Gasteiger partial charge in [-0.15, -0.1) is 0 Å². The molecule has 0 spiro atoms. The number of benzene rings is 2. The molecule has 0 bridgehead atoms. The van der Waals surface area contributed by atoms with Gasteiger partial charge in [0.2, 0.25) is 10.0 Å². The molecule has 0 aliphatic carbocycles. The third-order valence-corrected chi connectivity index (χ3v) is 4.16. The summed E-state index contributed by atoms with van der Waals surface area (Å²) in [7, 11) is -3.78. The number of nitrogens with one attached hydrogen (secondary N) is 1. The Morgan fingerprint density at radius 3 is 2.21 bits per heavy atom. The molecule has 3 N–H and O–H groups in total. The first-order valence-electron chi connectivity index (χ1n) is 6.73. The predicted octanol–water partition coefficient (Wildman–Crippen LogP) is 1.72. The molecule has 0 atom stereocenters. The van der Waals surface area contributed by atoms with Crippen LogP contribution in [-0.4, -0.2) is 20.9 Å². The molecule has 24 heavy (non-hydrogen) atoms. The van der Waals surface area contributed by atoms with Gasteiger partial charge in [0, 0.05) is 6.54 Å². The van der Waals surface area contributed by atoms with Crippen LogP contribution in [0.25, 0.3) is 0 Å². The van der Waals surface area contributed by atoms with E-state index in [9.17, 15) is 26.4 Å². The van der Waals surface area contributed by atoms with Crippen molar-refractivity contribution < 1.29 is 26.4 Å². The number of hydrogen-bond donors (Lipinski definition) is 2. The van der Waals surface area contributed by atoms with E-state index in [1.54, 1.807) is 0 Å². The molecule has 5 nitrogen and oxygen atoms in total. The normalized spacial score (nSPS) is 11.3. The topological polar surface area (TPSA) is 89.3 Å². The van der Waals surface area contributed by atoms with Crippen LogP contribution in [0.4, 0.5) is 13.2 Å². The van der Waals surface area contributed by atoms with E-state index >= 15 is 0 Å². The zero-order chi connectivity index (χ0) is 17.9. The van der Waals surface area contributed by atoms with Crippen molar-refractivity contribution >= 4 is 15.9 Å². The van der Waals surface area contributed by atoms with Crippen LogP contribution in [-0.2, 0) is 16.4 Å². The molecular formula is C15H13F3N2O3S. The van der Waals surface area contributed by atoms with Crippen molar-refractivity contribution in [3.63, 3.8) is 0 Å². The molecule has 0 heterocycles. The summed E-state index contributed by atoms with van der Waals surface area (Å²) < 4.78 is 61.6. The zero-order valence-electron chi connectivity index (χ0n) is 12.2. The summed E-state index contributed by atoms with van der Waals surface area (Å²) in [5.74, 6) is -5.52. The maximum absolute atomic E-state index is 13.5. The van der Waals surface area contributed by atoms with Crippen molar-refractivity contribution in [2.24, 2.45) is 5.14 Å². The second kappa shape index (κ2) is 7.02. The van der Waals surface area contributed by atoms with Crippen LogP contribution in [0.3, 0.4) is 0 Å². The maximum Gasteiger partial charge on any atom is 0.254 e. The third-order valence-electron chi connectivity index (χ3n) is 3.23. The van der Waals surface area contributed by atoms with E-state index in [1.165, 1.54) is 24.3 Å². The van der Waals surface area contributed by atoms with E-state index < -0.39 is 38.9 Å². The molecule has 0 fully saturated rings. The van der Waals surface area contributed by atoms with Gasteiger partial charge in [0.25, 0.3) is 5.91 Å². The van der Waals surface area contributed by atoms with E-state index in [-0.39, 0.29) is 11.4 Å². The van der Waals surface area contributed by atoms with Crippen molar-refractivity contribution in [3.8, 4) is 0 Å². The second-order valence-electron chi connectivity index (χ2n) is 4.92. The number of halogens is 3. The highest BCUT2D eigenvalue weighted by Gasteiger charge is 2.18. The minimum Gasteiger partial charge on any atom is -0.352 e. The van der Waals surface area contributed by atoms with Crippen LogP contribution in [0.15, 0.2) is 41.3 Å². The van der Waals surface area contributed by atoms with Crippen molar-refractivity contribution in [1.82, 2.24) is 5.32 Å². The lowest BCUT2D eigenvalue weighted by molar-refractivity contribution is 0.0949. The van der Waals surface area contributed by atoms with Crippen LogP contribution in [0.1, 0.15) is 15.9 Å². The number of primary sulfonamides is 1. The van der Waals surface area contributed by atoms with Crippen molar-refractivity contribution in [3.05, 3.63) is 65.0 Å². The fraction of sp³-hybridized carbons (Fsp3) is 0.133. The molecule has 0 aromatic heterocycles. The maximum atomic E-state index is 13.5. The lowest BCUT2D eigenvalue weighted by atomic mass is 10.1. The number of carbonyl (C=O) groups is 1. The van der Waals surface area contributed by atoms with Crippen LogP contribution in [0.5, 0.6) is 0 Å². The van der Waals surface area contributed by atoms with Gasteiger partial charge in [-0.25, -0.2) is 26.7 Å². The molecule has 128 valence electrons. The number of nitrogens with two attached hydrogens (primary N) is 1. The van der Waals surface area contributed by atoms with Gasteiger partial charge in [0.15, 0.2) is 17.5 Å². The minimum absolute atomic E-state index is 0.0425. The molecule has 2 aromatic carbocycles. The number of sulfonamides is 1. The lowest BCUT2D eigenvalue weighted by Gasteiger charge is -2.07. The summed E-state index contributed by atoms with van der Waals surface area (Å²) in [6.07, 6.45) is 0.321. The molecule has 0 radical (unpaired) electrons. The Morgan fingerprint density at radius 1 is 1.00 bits per heavy atom. The summed E-state index contributed by atoms with van der Waals surface area (Å²) >= 11 is 0. The van der Waals surface area contributed by atoms with Gasteiger partial charge in [-0.05, 0) is 36.2 Å². The lowest BCUT2D eigenvalue weighted by Crippen LogP contribution is -2.27. The number of hydrogen-bond acceptors (Lipinski definition) is 3. The SMILES string of the molecule is NS(=O)(=O)c1ccc(CCNC(=O)c2ccc(F)c(F)c2F)cc1. The van der Waals surface area contributed by atoms with E-state index in [4.69, 9.17) is 5.14 Å². The first-order valence-corrected chi connectivity index (χ1v) is 8.28. The smallest absolute Gasteiger partial charge is 0.254 e. The Labute approximate surface area is 136 Å². The fourth-order valence-electron chi connectivity index (χ4n) is 1.96. The monoisotopic (exact) mass is 358 g/mol. The van der Waals surface area contributed by atoms with Gasteiger partial charge in [-0.2, -0.15) is 0 Å². The van der Waals surface area contributed by atoms with Gasteiger partial charge < -0.3 is 5.32 Å². The molecule has 2 aromatic rings. The van der Waals surface area contributed by atoms with Gasteiger partial charge in [0.1, 0.15) is 0 Å². The molecular weight excluding hydrogens is 345 g/mol. The Bertz CT molecular complexity index is 868. The minimum atomic E-state index is -3.78. The molecule has 0 aliphatic rings. The highest BCUT2D eigenvalue weighted by atomic mass is 32.2. The summed E-state index contributed by atoms with van der Waals surface area (Å²) in [6.45, 7) is 0.0893. The Kier molecular flexibility index (Phi) is 5.25. The predicted molar refractivity (Wildman–Crippen MR) is 80.2 cm³/mol. The van der Waals surface area contributed by atoms with Crippen molar-refractivity contribution in [2.45, 2.75) is 11.3 Å². The van der Waals surface area contributed by atoms with Crippen LogP contribution in [0.2, 0.25) is 0 Å². The number of rotatable bonds is 5. The standard InChI is InChI=1S/C15H13F3N2O3S/c16-12-6-5-11(13(17)14(12)18)15(21)20-8-7-9-1-3-10(4-2-9)24(19,22)23/h1-6H,7-8H2,(H,20,21)(H2,19,22,23). The molecule has 0 unspecified atom stereocenters. The number of amides is 1. The van der Waals surface area contributed by atoms with Crippen LogP contribution >= 0.6 is 0 Å². The average molecular weight is 358 g/mol. The van der Waals surface area contributed by atoms with Crippen molar-refractivity contribution in [1.29, 1.82) is 0 Å². The molecule has 9 heteroatoms. The Morgan fingerprint density at radius 2 is 1.62 bits per heavy atom. The molecule has 0 saturated heterocycles. The molecule has 0 saturated carbocycles. The average Bonchev–Trinajstić information content (AvgIpc) is 2.52. The fourth-order valence-corrected chi connectivity index (χ4v) is 2.48. The third kappa shape index (κ3) is 4.12. The van der Waals surface area contributed by atoms with E-state index in [2.05, 4.69) is 5.32 Å². The summed E-state index contributed by atoms with van der Waals surface area (Å²) in [6, 6.07) is 7.19. The molecule has 2 rings (SSSR count). The summed E-state index contributed by atoms with van der Waals surface area (Å²) in [5.41, 5.74) is 0.104. The highest BCUT2D eigenvalue weighted by Crippen LogP contribution is 2.15. The summed E-state index contributed by atoms with van der Waals surface area (Å²) in [4.78, 5) is 11.7. The van der Waals surface area contributed by atoms with Gasteiger partial charge >= 0.3 is 0 Å². The highest BCUT2D eigenvalue weighted by molar-refractivity contribution is 7.89. The first kappa shape index (κ1) is 18.0. The second-order valence-corrected chi connectivity index (χ2v) is 6.48. The van der Waals surface area contributed by atoms with Crippen LogP contribution in [0, 0.1) is 17.5 Å². The number of carbonyl (C=O) groups excluding carboxylic acids is 1. The first-order chi connectivity index (χ1) is 11.2. The summed E-state index contributed by atoms with van der Waals surface area (Å²) in [5, 5.41) is 7.34. The molecule has 0 aliphatic heterocycles. The van der Waals surface area contributed by atoms with Gasteiger partial charge in [0.05, 0.1) is 10.5 Å². The van der Waals surface area contributed by atoms with Crippen LogP contribution < -0.4 is 10.5 Å². The Hall–Kier alpha value is -2.39. The van der Waals surface area contributed by atoms with E-state index in [0.717, 1.165) is 6.07 Å². The largest absolute Gasteiger partial charge is 0.352 e. The van der Waals surface area contributed by atoms with Crippen molar-refractivity contribution in [2.75, 3.05) is 6.54 Å². The zero-order valence-corrected chi connectivity index (χ0v) is 13.0.